The zero-order valence-corrected chi connectivity index (χ0v) is 15.3. The van der Waals surface area contributed by atoms with Gasteiger partial charge in [0, 0.05) is 31.0 Å². The summed E-state index contributed by atoms with van der Waals surface area (Å²) in [5.74, 6) is 0.167. The largest absolute Gasteiger partial charge is 0.476 e. The fourth-order valence-electron chi connectivity index (χ4n) is 3.90. The number of nitrogens with one attached hydrogen (secondary N) is 2. The molecule has 0 radical (unpaired) electrons. The summed E-state index contributed by atoms with van der Waals surface area (Å²) in [5, 5.41) is 4.00. The number of rotatable bonds is 4. The quantitative estimate of drug-likeness (QED) is 0.801. The Balaban J connectivity index is 1.68. The van der Waals surface area contributed by atoms with Crippen molar-refractivity contribution in [3.8, 4) is 0 Å². The lowest BCUT2D eigenvalue weighted by atomic mass is 9.94. The molecule has 1 aliphatic carbocycles. The van der Waals surface area contributed by atoms with Crippen LogP contribution in [-0.4, -0.2) is 54.6 Å². The Hall–Kier alpha value is -2.12. The van der Waals surface area contributed by atoms with Crippen molar-refractivity contribution in [2.24, 2.45) is 5.10 Å². The van der Waals surface area contributed by atoms with Gasteiger partial charge in [0.1, 0.15) is 5.57 Å². The summed E-state index contributed by atoms with van der Waals surface area (Å²) in [6, 6.07) is 0. The van der Waals surface area contributed by atoms with Crippen LogP contribution in [0.5, 0.6) is 0 Å². The van der Waals surface area contributed by atoms with Crippen molar-refractivity contribution < 1.29 is 14.3 Å². The molecule has 7 nitrogen and oxygen atoms in total. The maximum atomic E-state index is 12.2. The molecule has 7 heteroatoms. The number of fused-ring (bicyclic) bond motifs is 1. The summed E-state index contributed by atoms with van der Waals surface area (Å²) in [7, 11) is 0. The molecule has 0 saturated carbocycles. The van der Waals surface area contributed by atoms with E-state index < -0.39 is 0 Å². The number of aromatic nitrogens is 1. The fraction of sp³-hybridized carbons (Fsp3) is 0.579. The molecule has 3 heterocycles. The molecule has 0 aromatic carbocycles. The molecule has 140 valence electrons. The normalized spacial score (nSPS) is 22.3. The molecule has 0 bridgehead atoms. The van der Waals surface area contributed by atoms with E-state index >= 15 is 0 Å². The molecule has 0 spiro atoms. The zero-order valence-electron chi connectivity index (χ0n) is 15.3. The molecule has 2 aliphatic heterocycles. The molecule has 3 aliphatic rings. The van der Waals surface area contributed by atoms with E-state index in [0.29, 0.717) is 18.1 Å². The van der Waals surface area contributed by atoms with Gasteiger partial charge in [-0.3, -0.25) is 9.69 Å². The number of aromatic amines is 1. The van der Waals surface area contributed by atoms with Crippen molar-refractivity contribution in [3.05, 3.63) is 28.1 Å². The van der Waals surface area contributed by atoms with Crippen molar-refractivity contribution in [2.45, 2.75) is 39.2 Å². The number of carbonyl (C=O) groups excluding carboxylic acids is 1. The number of ether oxygens (including phenoxy) is 2. The third-order valence-electron chi connectivity index (χ3n) is 5.23. The average Bonchev–Trinajstić information content (AvgIpc) is 3.18. The predicted octanol–water partition coefficient (Wildman–Crippen LogP) is 1.59. The van der Waals surface area contributed by atoms with E-state index in [9.17, 15) is 4.79 Å². The van der Waals surface area contributed by atoms with E-state index in [1.807, 2.05) is 13.0 Å². The highest BCUT2D eigenvalue weighted by molar-refractivity contribution is 6.24. The first kappa shape index (κ1) is 17.3. The highest BCUT2D eigenvalue weighted by Crippen LogP contribution is 2.30. The Morgan fingerprint density at radius 1 is 1.27 bits per heavy atom. The molecule has 1 aromatic rings. The van der Waals surface area contributed by atoms with Crippen LogP contribution in [0.15, 0.2) is 10.7 Å². The predicted molar refractivity (Wildman–Crippen MR) is 98.7 cm³/mol. The van der Waals surface area contributed by atoms with Crippen LogP contribution in [0.1, 0.15) is 42.3 Å². The van der Waals surface area contributed by atoms with Crippen molar-refractivity contribution >= 4 is 17.9 Å². The lowest BCUT2D eigenvalue weighted by molar-refractivity contribution is -0.116. The summed E-state index contributed by atoms with van der Waals surface area (Å²) in [4.78, 5) is 18.2. The van der Waals surface area contributed by atoms with Crippen LogP contribution in [0.4, 0.5) is 0 Å². The second-order valence-corrected chi connectivity index (χ2v) is 6.92. The molecule has 0 unspecified atom stereocenters. The van der Waals surface area contributed by atoms with Crippen LogP contribution >= 0.6 is 0 Å². The first-order valence-corrected chi connectivity index (χ1v) is 9.52. The third-order valence-corrected chi connectivity index (χ3v) is 5.23. The summed E-state index contributed by atoms with van der Waals surface area (Å²) in [6.45, 7) is 6.72. The first-order valence-electron chi connectivity index (χ1n) is 9.52. The molecule has 26 heavy (non-hydrogen) atoms. The minimum absolute atomic E-state index is 0.210. The van der Waals surface area contributed by atoms with Crippen LogP contribution in [-0.2, 0) is 33.7 Å². The number of hydrogen-bond donors (Lipinski definition) is 2. The van der Waals surface area contributed by atoms with Crippen molar-refractivity contribution in [1.29, 1.82) is 0 Å². The van der Waals surface area contributed by atoms with Gasteiger partial charge in [0.15, 0.2) is 0 Å². The zero-order chi connectivity index (χ0) is 17.9. The van der Waals surface area contributed by atoms with Gasteiger partial charge in [-0.15, -0.1) is 5.10 Å². The maximum absolute atomic E-state index is 12.2. The van der Waals surface area contributed by atoms with E-state index in [0.717, 1.165) is 51.4 Å². The standard InChI is InChI=1S/C19H26N4O3/c1-2-26-19-14(18(24)21-22-19)11-17-15(12-23-7-9-25-10-8-23)13-5-3-4-6-16(13)20-17/h11,20H,2-10,12H2,1H3,(H,21,24)/b14-11-. The number of aryl methyl sites for hydroxylation is 1. The van der Waals surface area contributed by atoms with Crippen LogP contribution in [0.3, 0.4) is 0 Å². The smallest absolute Gasteiger partial charge is 0.277 e. The van der Waals surface area contributed by atoms with Gasteiger partial charge < -0.3 is 14.5 Å². The molecule has 2 N–H and O–H groups in total. The summed E-state index contributed by atoms with van der Waals surface area (Å²) in [6.07, 6.45) is 6.53. The Bertz CT molecular complexity index is 744. The monoisotopic (exact) mass is 358 g/mol. The maximum Gasteiger partial charge on any atom is 0.277 e. The van der Waals surface area contributed by atoms with Gasteiger partial charge in [-0.25, -0.2) is 5.43 Å². The number of carbonyl (C=O) groups is 1. The Labute approximate surface area is 153 Å². The number of hydrazone groups is 1. The van der Waals surface area contributed by atoms with Crippen LogP contribution in [0, 0.1) is 0 Å². The molecule has 0 atom stereocenters. The van der Waals surface area contributed by atoms with Crippen LogP contribution in [0.2, 0.25) is 0 Å². The van der Waals surface area contributed by atoms with Crippen molar-refractivity contribution in [2.75, 3.05) is 32.9 Å². The van der Waals surface area contributed by atoms with Crippen LogP contribution in [0.25, 0.3) is 6.08 Å². The van der Waals surface area contributed by atoms with Gasteiger partial charge in [-0.2, -0.15) is 0 Å². The van der Waals surface area contributed by atoms with E-state index in [1.165, 1.54) is 29.7 Å². The van der Waals surface area contributed by atoms with Crippen molar-refractivity contribution in [1.82, 2.24) is 15.3 Å². The topological polar surface area (TPSA) is 78.9 Å². The Morgan fingerprint density at radius 3 is 2.88 bits per heavy atom. The average molecular weight is 358 g/mol. The van der Waals surface area contributed by atoms with E-state index in [4.69, 9.17) is 9.47 Å². The fourth-order valence-corrected chi connectivity index (χ4v) is 3.90. The highest BCUT2D eigenvalue weighted by atomic mass is 16.5. The molecule has 1 saturated heterocycles. The molecular formula is C19H26N4O3. The van der Waals surface area contributed by atoms with Crippen molar-refractivity contribution in [3.63, 3.8) is 0 Å². The Morgan fingerprint density at radius 2 is 2.08 bits per heavy atom. The van der Waals surface area contributed by atoms with Crippen LogP contribution < -0.4 is 5.43 Å². The van der Waals surface area contributed by atoms with E-state index in [1.54, 1.807) is 0 Å². The number of nitrogens with zero attached hydrogens (tertiary/aromatic N) is 2. The number of hydrogen-bond acceptors (Lipinski definition) is 5. The summed E-state index contributed by atoms with van der Waals surface area (Å²) >= 11 is 0. The second kappa shape index (κ2) is 7.63. The molecule has 1 fully saturated rings. The number of amides is 1. The summed E-state index contributed by atoms with van der Waals surface area (Å²) in [5.41, 5.74) is 8.08. The summed E-state index contributed by atoms with van der Waals surface area (Å²) < 4.78 is 11.0. The van der Waals surface area contributed by atoms with E-state index in [2.05, 4.69) is 20.4 Å². The highest BCUT2D eigenvalue weighted by Gasteiger charge is 2.27. The van der Waals surface area contributed by atoms with Gasteiger partial charge in [0.25, 0.3) is 5.91 Å². The molecule has 4 rings (SSSR count). The van der Waals surface area contributed by atoms with Gasteiger partial charge in [-0.1, -0.05) is 0 Å². The van der Waals surface area contributed by atoms with Gasteiger partial charge in [0.05, 0.1) is 19.8 Å². The number of H-pyrrole nitrogens is 1. The molecule has 1 amide bonds. The Kier molecular flexibility index (Phi) is 5.08. The third kappa shape index (κ3) is 3.41. The van der Waals surface area contributed by atoms with Gasteiger partial charge in [-0.05, 0) is 49.8 Å². The molecule has 1 aromatic heterocycles. The second-order valence-electron chi connectivity index (χ2n) is 6.92. The minimum Gasteiger partial charge on any atom is -0.476 e. The lowest BCUT2D eigenvalue weighted by Crippen LogP contribution is -2.36. The minimum atomic E-state index is -0.210. The number of morpholine rings is 1. The molecular weight excluding hydrogens is 332 g/mol. The van der Waals surface area contributed by atoms with Gasteiger partial charge >= 0.3 is 0 Å². The first-order chi connectivity index (χ1) is 12.8. The van der Waals surface area contributed by atoms with E-state index in [-0.39, 0.29) is 5.91 Å². The van der Waals surface area contributed by atoms with Gasteiger partial charge in [0.2, 0.25) is 5.90 Å². The SMILES string of the molecule is CCOC1=NNC(=O)/C1=C/c1[nH]c2c(c1CN1CCOCC1)CCCC2. The lowest BCUT2D eigenvalue weighted by Gasteiger charge is -2.27.